The number of rotatable bonds is 3. The van der Waals surface area contributed by atoms with Gasteiger partial charge in [0.2, 0.25) is 0 Å². The number of aryl methyl sites for hydroxylation is 1. The van der Waals surface area contributed by atoms with Gasteiger partial charge in [0.15, 0.2) is 6.61 Å². The molecule has 0 radical (unpaired) electrons. The molecule has 2 aromatic rings. The number of amidine groups is 1. The van der Waals surface area contributed by atoms with Crippen molar-refractivity contribution in [1.29, 1.82) is 0 Å². The molecule has 0 fully saturated rings. The Hall–Kier alpha value is -2.50. The first kappa shape index (κ1) is 15.9. The SMILES string of the molecule is Cc1ccc(N=C(Nc2ccccc2)OCC(F)(F)F)cc1. The number of nitrogens with one attached hydrogen (secondary N) is 1. The van der Waals surface area contributed by atoms with E-state index in [1.54, 1.807) is 42.5 Å². The van der Waals surface area contributed by atoms with Gasteiger partial charge in [0.25, 0.3) is 6.02 Å². The zero-order valence-electron chi connectivity index (χ0n) is 11.9. The number of aliphatic imine (C=N–C) groups is 1. The van der Waals surface area contributed by atoms with Gasteiger partial charge in [0.1, 0.15) is 0 Å². The number of ether oxygens (including phenoxy) is 1. The molecule has 116 valence electrons. The van der Waals surface area contributed by atoms with Gasteiger partial charge in [-0.15, -0.1) is 0 Å². The normalized spacial score (nSPS) is 12.1. The van der Waals surface area contributed by atoms with E-state index in [0.717, 1.165) is 5.56 Å². The Morgan fingerprint density at radius 2 is 1.68 bits per heavy atom. The van der Waals surface area contributed by atoms with E-state index in [-0.39, 0.29) is 6.02 Å². The lowest BCUT2D eigenvalue weighted by atomic mass is 10.2. The van der Waals surface area contributed by atoms with Crippen LogP contribution in [0.1, 0.15) is 5.56 Å². The van der Waals surface area contributed by atoms with Crippen molar-refractivity contribution in [3.05, 3.63) is 60.2 Å². The molecule has 2 rings (SSSR count). The third-order valence-corrected chi connectivity index (χ3v) is 2.66. The highest BCUT2D eigenvalue weighted by Gasteiger charge is 2.29. The monoisotopic (exact) mass is 308 g/mol. The molecule has 0 aliphatic rings. The number of hydrogen-bond acceptors (Lipinski definition) is 2. The Bertz CT molecular complexity index is 622. The topological polar surface area (TPSA) is 33.6 Å². The van der Waals surface area contributed by atoms with Gasteiger partial charge in [0.05, 0.1) is 5.69 Å². The second-order valence-electron chi connectivity index (χ2n) is 4.65. The van der Waals surface area contributed by atoms with Crippen LogP contribution in [0.5, 0.6) is 0 Å². The van der Waals surface area contributed by atoms with Crippen LogP contribution in [0.4, 0.5) is 24.5 Å². The molecule has 3 nitrogen and oxygen atoms in total. The fourth-order valence-electron chi connectivity index (χ4n) is 1.63. The van der Waals surface area contributed by atoms with Crippen molar-refractivity contribution in [3.8, 4) is 0 Å². The minimum Gasteiger partial charge on any atom is -0.455 e. The lowest BCUT2D eigenvalue weighted by Gasteiger charge is -2.13. The number of hydrogen-bond donors (Lipinski definition) is 1. The number of alkyl halides is 3. The fourth-order valence-corrected chi connectivity index (χ4v) is 1.63. The maximum absolute atomic E-state index is 12.3. The lowest BCUT2D eigenvalue weighted by molar-refractivity contribution is -0.156. The van der Waals surface area contributed by atoms with E-state index in [4.69, 9.17) is 4.74 Å². The van der Waals surface area contributed by atoms with E-state index in [0.29, 0.717) is 11.4 Å². The standard InChI is InChI=1S/C16H15F3N2O/c1-12-7-9-14(10-8-12)21-15(22-11-16(17,18)19)20-13-5-3-2-4-6-13/h2-10H,11H2,1H3,(H,20,21). The third-order valence-electron chi connectivity index (χ3n) is 2.66. The van der Waals surface area contributed by atoms with Crippen LogP contribution >= 0.6 is 0 Å². The average Bonchev–Trinajstić information content (AvgIpc) is 2.47. The van der Waals surface area contributed by atoms with Gasteiger partial charge in [-0.3, -0.25) is 0 Å². The number of benzene rings is 2. The summed E-state index contributed by atoms with van der Waals surface area (Å²) >= 11 is 0. The summed E-state index contributed by atoms with van der Waals surface area (Å²) in [7, 11) is 0. The van der Waals surface area contributed by atoms with Gasteiger partial charge >= 0.3 is 6.18 Å². The highest BCUT2D eigenvalue weighted by Crippen LogP contribution is 2.18. The van der Waals surface area contributed by atoms with Crippen LogP contribution in [0, 0.1) is 6.92 Å². The molecule has 0 saturated carbocycles. The second kappa shape index (κ2) is 6.98. The van der Waals surface area contributed by atoms with Gasteiger partial charge in [0, 0.05) is 5.69 Å². The van der Waals surface area contributed by atoms with Crippen LogP contribution in [0.2, 0.25) is 0 Å². The molecule has 0 bridgehead atoms. The first-order valence-corrected chi connectivity index (χ1v) is 6.59. The van der Waals surface area contributed by atoms with Gasteiger partial charge in [-0.05, 0) is 31.2 Å². The Balaban J connectivity index is 2.18. The van der Waals surface area contributed by atoms with Crippen molar-refractivity contribution in [2.45, 2.75) is 13.1 Å². The maximum atomic E-state index is 12.3. The zero-order chi connectivity index (χ0) is 16.0. The molecule has 0 atom stereocenters. The van der Waals surface area contributed by atoms with E-state index in [9.17, 15) is 13.2 Å². The van der Waals surface area contributed by atoms with Crippen LogP contribution in [0.25, 0.3) is 0 Å². The Labute approximate surface area is 126 Å². The summed E-state index contributed by atoms with van der Waals surface area (Å²) in [5.41, 5.74) is 2.13. The van der Waals surface area contributed by atoms with Crippen molar-refractivity contribution in [1.82, 2.24) is 0 Å². The highest BCUT2D eigenvalue weighted by molar-refractivity contribution is 5.90. The molecule has 0 heterocycles. The minimum absolute atomic E-state index is 0.202. The fraction of sp³-hybridized carbons (Fsp3) is 0.188. The molecular formula is C16H15F3N2O. The summed E-state index contributed by atoms with van der Waals surface area (Å²) in [6, 6.07) is 15.6. The summed E-state index contributed by atoms with van der Waals surface area (Å²) in [4.78, 5) is 4.08. The third kappa shape index (κ3) is 5.47. The zero-order valence-corrected chi connectivity index (χ0v) is 11.9. The van der Waals surface area contributed by atoms with Crippen LogP contribution < -0.4 is 5.32 Å². The number of para-hydroxylation sites is 1. The van der Waals surface area contributed by atoms with Crippen molar-refractivity contribution in [3.63, 3.8) is 0 Å². The van der Waals surface area contributed by atoms with Crippen molar-refractivity contribution >= 4 is 17.4 Å². The smallest absolute Gasteiger partial charge is 0.422 e. The Morgan fingerprint density at radius 3 is 2.27 bits per heavy atom. The lowest BCUT2D eigenvalue weighted by Crippen LogP contribution is -2.24. The highest BCUT2D eigenvalue weighted by atomic mass is 19.4. The molecule has 0 spiro atoms. The quantitative estimate of drug-likeness (QED) is 0.660. The van der Waals surface area contributed by atoms with Gasteiger partial charge in [-0.25, -0.2) is 0 Å². The second-order valence-corrected chi connectivity index (χ2v) is 4.65. The molecule has 0 aliphatic carbocycles. The molecule has 0 unspecified atom stereocenters. The molecule has 2 aromatic carbocycles. The molecule has 1 N–H and O–H groups in total. The van der Waals surface area contributed by atoms with Gasteiger partial charge in [-0.2, -0.15) is 18.2 Å². The number of halogens is 3. The first-order chi connectivity index (χ1) is 10.4. The average molecular weight is 308 g/mol. The number of anilines is 1. The van der Waals surface area contributed by atoms with Crippen molar-refractivity contribution in [2.75, 3.05) is 11.9 Å². The Kier molecular flexibility index (Phi) is 5.04. The van der Waals surface area contributed by atoms with Crippen LogP contribution in [-0.2, 0) is 4.74 Å². The van der Waals surface area contributed by atoms with E-state index in [2.05, 4.69) is 10.3 Å². The van der Waals surface area contributed by atoms with Crippen molar-refractivity contribution < 1.29 is 17.9 Å². The van der Waals surface area contributed by atoms with E-state index in [1.807, 2.05) is 19.1 Å². The van der Waals surface area contributed by atoms with Gasteiger partial charge in [-0.1, -0.05) is 35.9 Å². The molecule has 22 heavy (non-hydrogen) atoms. The summed E-state index contributed by atoms with van der Waals surface area (Å²) < 4.78 is 41.8. The number of nitrogens with zero attached hydrogens (tertiary/aromatic N) is 1. The molecular weight excluding hydrogens is 293 g/mol. The van der Waals surface area contributed by atoms with E-state index >= 15 is 0 Å². The van der Waals surface area contributed by atoms with E-state index in [1.165, 1.54) is 0 Å². The van der Waals surface area contributed by atoms with Crippen LogP contribution in [0.15, 0.2) is 59.6 Å². The molecule has 6 heteroatoms. The molecule has 0 amide bonds. The predicted octanol–water partition coefficient (Wildman–Crippen LogP) is 4.67. The van der Waals surface area contributed by atoms with Crippen LogP contribution in [0.3, 0.4) is 0 Å². The summed E-state index contributed by atoms with van der Waals surface area (Å²) in [5.74, 6) is 0. The molecule has 0 aromatic heterocycles. The maximum Gasteiger partial charge on any atom is 0.422 e. The molecule has 0 aliphatic heterocycles. The summed E-state index contributed by atoms with van der Waals surface area (Å²) in [6.45, 7) is 0.508. The largest absolute Gasteiger partial charge is 0.455 e. The molecule has 0 saturated heterocycles. The van der Waals surface area contributed by atoms with E-state index < -0.39 is 12.8 Å². The summed E-state index contributed by atoms with van der Waals surface area (Å²) in [6.07, 6.45) is -4.42. The van der Waals surface area contributed by atoms with Gasteiger partial charge < -0.3 is 10.1 Å². The minimum atomic E-state index is -4.42. The van der Waals surface area contributed by atoms with Crippen molar-refractivity contribution in [2.24, 2.45) is 4.99 Å². The Morgan fingerprint density at radius 1 is 1.05 bits per heavy atom. The summed E-state index contributed by atoms with van der Waals surface area (Å²) in [5, 5.41) is 2.74. The first-order valence-electron chi connectivity index (χ1n) is 6.59. The predicted molar refractivity (Wildman–Crippen MR) is 80.3 cm³/mol. The van der Waals surface area contributed by atoms with Crippen LogP contribution in [-0.4, -0.2) is 18.8 Å².